The average Bonchev–Trinajstić information content (AvgIpc) is 2.85. The van der Waals surface area contributed by atoms with Crippen molar-refractivity contribution in [1.82, 2.24) is 0 Å². The molecule has 1 aromatic rings. The van der Waals surface area contributed by atoms with Gasteiger partial charge in [0.15, 0.2) is 6.29 Å². The topological polar surface area (TPSA) is 57.2 Å². The monoisotopic (exact) mass is 323 g/mol. The second kappa shape index (κ2) is 7.88. The van der Waals surface area contributed by atoms with Crippen LogP contribution in [0, 0.1) is 0 Å². The van der Waals surface area contributed by atoms with Crippen molar-refractivity contribution in [3.05, 3.63) is 29.8 Å². The second-order valence-corrected chi connectivity index (χ2v) is 5.17. The van der Waals surface area contributed by atoms with E-state index in [2.05, 4.69) is 0 Å². The fourth-order valence-electron chi connectivity index (χ4n) is 3.14. The van der Waals surface area contributed by atoms with Crippen LogP contribution in [0.3, 0.4) is 0 Å². The predicted molar refractivity (Wildman–Crippen MR) is 86.4 cm³/mol. The Balaban J connectivity index is 2.40. The summed E-state index contributed by atoms with van der Waals surface area (Å²) in [6.07, 6.45) is 0.423. The second-order valence-electron chi connectivity index (χ2n) is 5.17. The van der Waals surface area contributed by atoms with E-state index >= 15 is 0 Å². The molecule has 0 amide bonds. The zero-order valence-electron chi connectivity index (χ0n) is 14.2. The Morgan fingerprint density at radius 3 is 2.30 bits per heavy atom. The van der Waals surface area contributed by atoms with Gasteiger partial charge in [-0.25, -0.2) is 0 Å². The van der Waals surface area contributed by atoms with Crippen LogP contribution in [0.25, 0.3) is 0 Å². The molecule has 6 heteroatoms. The number of methoxy groups -OCH3 is 2. The molecule has 0 saturated carbocycles. The highest BCUT2D eigenvalue weighted by Gasteiger charge is 2.53. The Morgan fingerprint density at radius 1 is 1.17 bits per heavy atom. The highest BCUT2D eigenvalue weighted by Crippen LogP contribution is 2.45. The standard InChI is InChI=1S/C17H25NO5/c1-5-22-16(23-6-2)11-18-14-10-8-7-9-13(14)17(20-3,21-4)15(18)12-19/h7-10,12,15-16H,5-6,11H2,1-4H3. The molecule has 0 fully saturated rings. The maximum Gasteiger partial charge on any atom is 0.224 e. The Morgan fingerprint density at radius 2 is 1.78 bits per heavy atom. The van der Waals surface area contributed by atoms with Gasteiger partial charge in [-0.1, -0.05) is 18.2 Å². The van der Waals surface area contributed by atoms with Crippen LogP contribution >= 0.6 is 0 Å². The molecule has 0 aromatic heterocycles. The van der Waals surface area contributed by atoms with Crippen molar-refractivity contribution >= 4 is 12.0 Å². The maximum absolute atomic E-state index is 11.8. The van der Waals surface area contributed by atoms with Crippen LogP contribution in [0.2, 0.25) is 0 Å². The summed E-state index contributed by atoms with van der Waals surface area (Å²) in [6, 6.07) is 7.07. The lowest BCUT2D eigenvalue weighted by Gasteiger charge is -2.34. The molecule has 6 nitrogen and oxygen atoms in total. The fourth-order valence-corrected chi connectivity index (χ4v) is 3.14. The van der Waals surface area contributed by atoms with Crippen LogP contribution in [-0.4, -0.2) is 52.6 Å². The van der Waals surface area contributed by atoms with Crippen molar-refractivity contribution in [1.29, 1.82) is 0 Å². The highest BCUT2D eigenvalue weighted by atomic mass is 16.7. The molecule has 1 aliphatic heterocycles. The van der Waals surface area contributed by atoms with Crippen LogP contribution < -0.4 is 4.90 Å². The molecule has 0 bridgehead atoms. The van der Waals surface area contributed by atoms with Gasteiger partial charge in [-0.15, -0.1) is 0 Å². The number of hydrogen-bond donors (Lipinski definition) is 0. The van der Waals surface area contributed by atoms with Gasteiger partial charge in [0.2, 0.25) is 5.79 Å². The van der Waals surface area contributed by atoms with E-state index in [0.29, 0.717) is 19.8 Å². The lowest BCUT2D eigenvalue weighted by Crippen LogP contribution is -2.51. The zero-order chi connectivity index (χ0) is 16.9. The van der Waals surface area contributed by atoms with Crippen LogP contribution in [0.5, 0.6) is 0 Å². The largest absolute Gasteiger partial charge is 0.351 e. The van der Waals surface area contributed by atoms with Crippen LogP contribution in [0.4, 0.5) is 5.69 Å². The number of ether oxygens (including phenoxy) is 4. The number of carbonyl (C=O) groups excluding carboxylic acids is 1. The number of hydrogen-bond acceptors (Lipinski definition) is 6. The summed E-state index contributed by atoms with van der Waals surface area (Å²) in [4.78, 5) is 13.8. The third-order valence-corrected chi connectivity index (χ3v) is 4.10. The van der Waals surface area contributed by atoms with Crippen molar-refractivity contribution in [3.8, 4) is 0 Å². The Kier molecular flexibility index (Phi) is 6.12. The number of rotatable bonds is 9. The van der Waals surface area contributed by atoms with Gasteiger partial charge in [0.25, 0.3) is 0 Å². The van der Waals surface area contributed by atoms with Gasteiger partial charge in [-0.2, -0.15) is 0 Å². The van der Waals surface area contributed by atoms with Gasteiger partial charge in [0.1, 0.15) is 12.3 Å². The number of benzene rings is 1. The number of carbonyl (C=O) groups is 1. The summed E-state index contributed by atoms with van der Waals surface area (Å²) in [5.41, 5.74) is 1.71. The molecule has 1 atom stereocenters. The van der Waals surface area contributed by atoms with Gasteiger partial charge in [-0.3, -0.25) is 0 Å². The molecule has 2 rings (SSSR count). The molecular weight excluding hydrogens is 298 g/mol. The van der Waals surface area contributed by atoms with Crippen molar-refractivity contribution in [3.63, 3.8) is 0 Å². The van der Waals surface area contributed by atoms with Crippen molar-refractivity contribution in [2.45, 2.75) is 32.0 Å². The first-order valence-electron chi connectivity index (χ1n) is 7.83. The molecular formula is C17H25NO5. The molecule has 0 radical (unpaired) electrons. The smallest absolute Gasteiger partial charge is 0.224 e. The number of fused-ring (bicyclic) bond motifs is 1. The molecule has 0 aliphatic carbocycles. The first kappa shape index (κ1) is 17.9. The highest BCUT2D eigenvalue weighted by molar-refractivity contribution is 5.76. The average molecular weight is 323 g/mol. The SMILES string of the molecule is CCOC(CN1c2ccccc2C(OC)(OC)C1C=O)OCC. The van der Waals surface area contributed by atoms with Gasteiger partial charge < -0.3 is 28.6 Å². The van der Waals surface area contributed by atoms with Crippen LogP contribution in [0.1, 0.15) is 19.4 Å². The van der Waals surface area contributed by atoms with E-state index in [9.17, 15) is 4.79 Å². The first-order valence-corrected chi connectivity index (χ1v) is 7.83. The van der Waals surface area contributed by atoms with E-state index in [1.165, 1.54) is 0 Å². The van der Waals surface area contributed by atoms with E-state index in [4.69, 9.17) is 18.9 Å². The third-order valence-electron chi connectivity index (χ3n) is 4.10. The van der Waals surface area contributed by atoms with E-state index in [0.717, 1.165) is 17.5 Å². The predicted octanol–water partition coefficient (Wildman–Crippen LogP) is 1.92. The third kappa shape index (κ3) is 3.12. The molecule has 1 aromatic carbocycles. The van der Waals surface area contributed by atoms with Crippen molar-refractivity contribution in [2.75, 3.05) is 38.9 Å². The number of nitrogens with zero attached hydrogens (tertiary/aromatic N) is 1. The first-order chi connectivity index (χ1) is 11.2. The van der Waals surface area contributed by atoms with Gasteiger partial charge in [0.05, 0.1) is 6.54 Å². The van der Waals surface area contributed by atoms with Gasteiger partial charge in [-0.05, 0) is 19.9 Å². The molecule has 1 aliphatic rings. The Hall–Kier alpha value is -1.47. The summed E-state index contributed by atoms with van der Waals surface area (Å²) < 4.78 is 22.5. The van der Waals surface area contributed by atoms with Crippen molar-refractivity contribution < 1.29 is 23.7 Å². The molecule has 0 N–H and O–H groups in total. The fraction of sp³-hybridized carbons (Fsp3) is 0.588. The molecule has 0 saturated heterocycles. The Bertz CT molecular complexity index is 511. The summed E-state index contributed by atoms with van der Waals surface area (Å²) in [7, 11) is 3.09. The van der Waals surface area contributed by atoms with Gasteiger partial charge in [0, 0.05) is 38.7 Å². The zero-order valence-corrected chi connectivity index (χ0v) is 14.2. The van der Waals surface area contributed by atoms with E-state index < -0.39 is 18.1 Å². The summed E-state index contributed by atoms with van der Waals surface area (Å²) in [5.74, 6) is -1.12. The van der Waals surface area contributed by atoms with Crippen LogP contribution in [-0.2, 0) is 29.5 Å². The van der Waals surface area contributed by atoms with Crippen LogP contribution in [0.15, 0.2) is 24.3 Å². The maximum atomic E-state index is 11.8. The minimum Gasteiger partial charge on any atom is -0.351 e. The number of aldehydes is 1. The summed E-state index contributed by atoms with van der Waals surface area (Å²) in [6.45, 7) is 5.30. The minimum atomic E-state index is -1.12. The number of para-hydroxylation sites is 1. The summed E-state index contributed by atoms with van der Waals surface area (Å²) >= 11 is 0. The van der Waals surface area contributed by atoms with E-state index in [-0.39, 0.29) is 0 Å². The van der Waals surface area contributed by atoms with Crippen molar-refractivity contribution in [2.24, 2.45) is 0 Å². The molecule has 1 unspecified atom stereocenters. The quantitative estimate of drug-likeness (QED) is 0.511. The molecule has 1 heterocycles. The lowest BCUT2D eigenvalue weighted by atomic mass is 10.0. The van der Waals surface area contributed by atoms with E-state index in [1.807, 2.05) is 43.0 Å². The summed E-state index contributed by atoms with van der Waals surface area (Å²) in [5, 5.41) is 0. The normalized spacial score (nSPS) is 19.2. The lowest BCUT2D eigenvalue weighted by molar-refractivity contribution is -0.220. The number of anilines is 1. The molecule has 23 heavy (non-hydrogen) atoms. The minimum absolute atomic E-state index is 0.413. The van der Waals surface area contributed by atoms with Gasteiger partial charge >= 0.3 is 0 Å². The Labute approximate surface area is 137 Å². The van der Waals surface area contributed by atoms with E-state index in [1.54, 1.807) is 14.2 Å². The molecule has 0 spiro atoms. The molecule has 128 valence electrons.